The second kappa shape index (κ2) is 7.13. The summed E-state index contributed by atoms with van der Waals surface area (Å²) >= 11 is 1.13. The van der Waals surface area contributed by atoms with Gasteiger partial charge in [-0.15, -0.1) is 11.3 Å². The van der Waals surface area contributed by atoms with Crippen LogP contribution < -0.4 is 10.9 Å². The third-order valence-electron chi connectivity index (χ3n) is 4.14. The first-order chi connectivity index (χ1) is 13.5. The average Bonchev–Trinajstić information content (AvgIpc) is 3.09. The van der Waals surface area contributed by atoms with Crippen LogP contribution >= 0.6 is 11.3 Å². The number of carbonyl (C=O) groups is 2. The molecule has 2 N–H and O–H groups in total. The minimum Gasteiger partial charge on any atom is -0.477 e. The highest BCUT2D eigenvalue weighted by molar-refractivity contribution is 7.22. The number of aromatic carboxylic acids is 1. The van der Waals surface area contributed by atoms with Crippen molar-refractivity contribution in [2.24, 2.45) is 0 Å². The Bertz CT molecular complexity index is 1240. The van der Waals surface area contributed by atoms with E-state index in [9.17, 15) is 14.4 Å². The Morgan fingerprint density at radius 2 is 1.61 bits per heavy atom. The lowest BCUT2D eigenvalue weighted by Crippen LogP contribution is -2.12. The average molecular weight is 391 g/mol. The molecule has 28 heavy (non-hydrogen) atoms. The van der Waals surface area contributed by atoms with Crippen LogP contribution in [0.15, 0.2) is 75.9 Å². The van der Waals surface area contributed by atoms with Crippen LogP contribution in [0.4, 0.5) is 5.00 Å². The summed E-state index contributed by atoms with van der Waals surface area (Å²) in [6, 6.07) is 19.8. The predicted octanol–water partition coefficient (Wildman–Crippen LogP) is 4.47. The molecular weight excluding hydrogens is 378 g/mol. The van der Waals surface area contributed by atoms with Gasteiger partial charge in [-0.3, -0.25) is 4.79 Å². The molecule has 0 unspecified atom stereocenters. The Morgan fingerprint density at radius 1 is 0.929 bits per heavy atom. The number of thiophene rings is 1. The largest absolute Gasteiger partial charge is 0.477 e. The minimum absolute atomic E-state index is 0.231. The highest BCUT2D eigenvalue weighted by atomic mass is 32.1. The van der Waals surface area contributed by atoms with E-state index in [2.05, 4.69) is 5.32 Å². The van der Waals surface area contributed by atoms with Crippen molar-refractivity contribution in [3.8, 4) is 11.1 Å². The number of nitrogens with one attached hydrogen (secondary N) is 1. The molecule has 2 aromatic heterocycles. The summed E-state index contributed by atoms with van der Waals surface area (Å²) < 4.78 is 5.47. The van der Waals surface area contributed by atoms with E-state index in [1.165, 1.54) is 12.1 Å². The van der Waals surface area contributed by atoms with Gasteiger partial charge in [0.05, 0.1) is 9.70 Å². The number of carboxylic acid groups (broad SMARTS) is 1. The lowest BCUT2D eigenvalue weighted by Gasteiger charge is -2.05. The smallest absolute Gasteiger partial charge is 0.351 e. The Hall–Kier alpha value is -3.71. The Kier molecular flexibility index (Phi) is 4.50. The Balaban J connectivity index is 1.56. The van der Waals surface area contributed by atoms with Gasteiger partial charge in [0.1, 0.15) is 5.56 Å². The molecule has 4 aromatic rings. The molecule has 0 saturated carbocycles. The molecule has 0 aliphatic rings. The lowest BCUT2D eigenvalue weighted by atomic mass is 10.0. The van der Waals surface area contributed by atoms with Crippen molar-refractivity contribution in [2.75, 3.05) is 5.32 Å². The zero-order valence-corrected chi connectivity index (χ0v) is 15.2. The quantitative estimate of drug-likeness (QED) is 0.535. The van der Waals surface area contributed by atoms with Crippen molar-refractivity contribution in [1.29, 1.82) is 0 Å². The molecule has 7 heteroatoms. The molecule has 0 fully saturated rings. The maximum atomic E-state index is 12.5. The molecule has 2 aromatic carbocycles. The summed E-state index contributed by atoms with van der Waals surface area (Å²) in [5, 5.41) is 12.2. The van der Waals surface area contributed by atoms with Crippen molar-refractivity contribution < 1.29 is 19.1 Å². The maximum absolute atomic E-state index is 12.5. The van der Waals surface area contributed by atoms with Crippen LogP contribution in [0, 0.1) is 0 Å². The number of fused-ring (bicyclic) bond motifs is 1. The van der Waals surface area contributed by atoms with Crippen LogP contribution in [0.3, 0.4) is 0 Å². The van der Waals surface area contributed by atoms with E-state index in [1.54, 1.807) is 12.1 Å². The van der Waals surface area contributed by atoms with Gasteiger partial charge < -0.3 is 14.8 Å². The van der Waals surface area contributed by atoms with E-state index in [-0.39, 0.29) is 11.5 Å². The monoisotopic (exact) mass is 391 g/mol. The summed E-state index contributed by atoms with van der Waals surface area (Å²) in [6.07, 6.45) is 0. The van der Waals surface area contributed by atoms with Gasteiger partial charge in [0.15, 0.2) is 5.58 Å². The van der Waals surface area contributed by atoms with Crippen LogP contribution in [0.25, 0.3) is 21.4 Å². The predicted molar refractivity (Wildman–Crippen MR) is 107 cm³/mol. The second-order valence-electron chi connectivity index (χ2n) is 5.99. The van der Waals surface area contributed by atoms with Crippen molar-refractivity contribution in [2.45, 2.75) is 0 Å². The van der Waals surface area contributed by atoms with E-state index in [1.807, 2.05) is 42.5 Å². The molecular formula is C21H13NO5S. The zero-order chi connectivity index (χ0) is 19.7. The molecule has 4 rings (SSSR count). The number of carbonyl (C=O) groups excluding carboxylic acids is 1. The van der Waals surface area contributed by atoms with Gasteiger partial charge >= 0.3 is 11.6 Å². The number of anilines is 1. The van der Waals surface area contributed by atoms with E-state index < -0.39 is 17.2 Å². The standard InChI is InChI=1S/C21H13NO5S/c23-19(14-8-6-13(7-9-14)12-4-2-1-3-5-12)22-18-11-16-17(28-18)10-15(20(24)25)21(26)27-16/h1-11H,(H,22,23)(H,24,25). The third-order valence-corrected chi connectivity index (χ3v) is 5.12. The Labute approximate surface area is 162 Å². The van der Waals surface area contributed by atoms with Gasteiger partial charge in [-0.25, -0.2) is 9.59 Å². The van der Waals surface area contributed by atoms with E-state index in [0.717, 1.165) is 22.5 Å². The number of hydrogen-bond donors (Lipinski definition) is 2. The first kappa shape index (κ1) is 17.7. The van der Waals surface area contributed by atoms with Crippen molar-refractivity contribution in [3.05, 3.63) is 88.3 Å². The van der Waals surface area contributed by atoms with Crippen LogP contribution in [-0.4, -0.2) is 17.0 Å². The van der Waals surface area contributed by atoms with Gasteiger partial charge in [-0.2, -0.15) is 0 Å². The third kappa shape index (κ3) is 3.43. The topological polar surface area (TPSA) is 96.6 Å². The number of rotatable bonds is 4. The summed E-state index contributed by atoms with van der Waals surface area (Å²) in [5.74, 6) is -1.67. The molecule has 0 bridgehead atoms. The summed E-state index contributed by atoms with van der Waals surface area (Å²) in [6.45, 7) is 0. The van der Waals surface area contributed by atoms with Gasteiger partial charge in [0.2, 0.25) is 0 Å². The number of hydrogen-bond acceptors (Lipinski definition) is 5. The fourth-order valence-corrected chi connectivity index (χ4v) is 3.68. The van der Waals surface area contributed by atoms with E-state index >= 15 is 0 Å². The SMILES string of the molecule is O=C(Nc1cc2oc(=O)c(C(=O)O)cc2s1)c1ccc(-c2ccccc2)cc1. The second-order valence-corrected chi connectivity index (χ2v) is 7.07. The summed E-state index contributed by atoms with van der Waals surface area (Å²) in [7, 11) is 0. The molecule has 1 amide bonds. The molecule has 0 radical (unpaired) electrons. The van der Waals surface area contributed by atoms with Crippen molar-refractivity contribution in [1.82, 2.24) is 0 Å². The van der Waals surface area contributed by atoms with E-state index in [4.69, 9.17) is 9.52 Å². The molecule has 6 nitrogen and oxygen atoms in total. The molecule has 0 atom stereocenters. The van der Waals surface area contributed by atoms with Gasteiger partial charge in [-0.05, 0) is 29.3 Å². The lowest BCUT2D eigenvalue weighted by molar-refractivity contribution is 0.0692. The number of benzene rings is 2. The molecule has 0 spiro atoms. The molecule has 0 aliphatic heterocycles. The highest BCUT2D eigenvalue weighted by Gasteiger charge is 2.15. The summed E-state index contributed by atoms with van der Waals surface area (Å²) in [4.78, 5) is 35.2. The fraction of sp³-hybridized carbons (Fsp3) is 0. The van der Waals surface area contributed by atoms with Crippen LogP contribution in [-0.2, 0) is 0 Å². The highest BCUT2D eigenvalue weighted by Crippen LogP contribution is 2.30. The van der Waals surface area contributed by atoms with Crippen LogP contribution in [0.5, 0.6) is 0 Å². The van der Waals surface area contributed by atoms with Crippen LogP contribution in [0.1, 0.15) is 20.7 Å². The minimum atomic E-state index is -1.35. The molecule has 0 aliphatic carbocycles. The molecule has 2 heterocycles. The molecule has 138 valence electrons. The van der Waals surface area contributed by atoms with Gasteiger partial charge in [0, 0.05) is 11.6 Å². The molecule has 0 saturated heterocycles. The van der Waals surface area contributed by atoms with Crippen LogP contribution in [0.2, 0.25) is 0 Å². The normalized spacial score (nSPS) is 10.7. The van der Waals surface area contributed by atoms with Gasteiger partial charge in [-0.1, -0.05) is 42.5 Å². The Morgan fingerprint density at radius 3 is 2.29 bits per heavy atom. The van der Waals surface area contributed by atoms with Crippen molar-refractivity contribution in [3.63, 3.8) is 0 Å². The number of carboxylic acids is 1. The fourth-order valence-electron chi connectivity index (χ4n) is 2.75. The van der Waals surface area contributed by atoms with Gasteiger partial charge in [0.25, 0.3) is 5.91 Å². The first-order valence-corrected chi connectivity index (χ1v) is 9.11. The van der Waals surface area contributed by atoms with E-state index in [0.29, 0.717) is 15.3 Å². The number of amides is 1. The van der Waals surface area contributed by atoms with Crippen molar-refractivity contribution >= 4 is 38.5 Å². The maximum Gasteiger partial charge on any atom is 0.351 e. The summed E-state index contributed by atoms with van der Waals surface area (Å²) in [5.41, 5.74) is 1.40. The first-order valence-electron chi connectivity index (χ1n) is 8.29. The zero-order valence-electron chi connectivity index (χ0n) is 14.3.